The quantitative estimate of drug-likeness (QED) is 0.525. The molecule has 0 amide bonds. The molecule has 96 valence electrons. The lowest BCUT2D eigenvalue weighted by Gasteiger charge is -2.09. The number of hydrogen-bond acceptors (Lipinski definition) is 2. The van der Waals surface area contributed by atoms with Crippen molar-refractivity contribution in [1.29, 1.82) is 0 Å². The van der Waals surface area contributed by atoms with Gasteiger partial charge in [0, 0.05) is 16.3 Å². The number of Topliss-reactive ketones (excluding diaryl/α,β-unsaturated/α-hetero) is 1. The van der Waals surface area contributed by atoms with E-state index in [4.69, 9.17) is 0 Å². The predicted octanol–water partition coefficient (Wildman–Crippen LogP) is 4.02. The van der Waals surface area contributed by atoms with Gasteiger partial charge >= 0.3 is 0 Å². The van der Waals surface area contributed by atoms with E-state index < -0.39 is 0 Å². The van der Waals surface area contributed by atoms with Gasteiger partial charge < -0.3 is 4.98 Å². The van der Waals surface area contributed by atoms with Crippen molar-refractivity contribution in [2.45, 2.75) is 6.92 Å². The van der Waals surface area contributed by atoms with Gasteiger partial charge in [0.05, 0.1) is 22.5 Å². The van der Waals surface area contributed by atoms with Crippen LogP contribution in [0, 0.1) is 0 Å². The molecule has 0 atom stereocenters. The van der Waals surface area contributed by atoms with Gasteiger partial charge in [0.15, 0.2) is 5.78 Å². The third-order valence-electron chi connectivity index (χ3n) is 3.69. The number of rotatable bonds is 1. The van der Waals surface area contributed by atoms with Gasteiger partial charge in [-0.25, -0.2) is 4.98 Å². The summed E-state index contributed by atoms with van der Waals surface area (Å²) in [6, 6.07) is 15.8. The number of H-pyrrole nitrogens is 1. The van der Waals surface area contributed by atoms with Crippen molar-refractivity contribution in [3.05, 3.63) is 54.1 Å². The van der Waals surface area contributed by atoms with Crippen LogP contribution in [0.2, 0.25) is 0 Å². The van der Waals surface area contributed by atoms with Crippen molar-refractivity contribution < 1.29 is 4.79 Å². The van der Waals surface area contributed by atoms with E-state index in [1.54, 1.807) is 6.92 Å². The molecule has 2 aliphatic heterocycles. The van der Waals surface area contributed by atoms with Crippen LogP contribution < -0.4 is 0 Å². The topological polar surface area (TPSA) is 45.8 Å². The molecule has 0 spiro atoms. The molecule has 0 unspecified atom stereocenters. The zero-order chi connectivity index (χ0) is 13.7. The van der Waals surface area contributed by atoms with E-state index in [0.29, 0.717) is 5.56 Å². The van der Waals surface area contributed by atoms with Crippen LogP contribution in [0.15, 0.2) is 48.5 Å². The summed E-state index contributed by atoms with van der Waals surface area (Å²) in [5.74, 6) is 0.0445. The van der Waals surface area contributed by atoms with Crippen molar-refractivity contribution in [3.8, 4) is 11.4 Å². The maximum absolute atomic E-state index is 12.1. The zero-order valence-corrected chi connectivity index (χ0v) is 11.0. The Morgan fingerprint density at radius 3 is 2.50 bits per heavy atom. The Balaban J connectivity index is 2.30. The number of carbonyl (C=O) groups excluding carboxylic acids is 1. The summed E-state index contributed by atoms with van der Waals surface area (Å²) < 4.78 is 0. The molecular weight excluding hydrogens is 248 g/mol. The van der Waals surface area contributed by atoms with Crippen LogP contribution in [0.1, 0.15) is 17.3 Å². The van der Waals surface area contributed by atoms with Crippen molar-refractivity contribution in [1.82, 2.24) is 9.97 Å². The molecule has 1 N–H and O–H groups in total. The molecule has 3 nitrogen and oxygen atoms in total. The molecular formula is C17H12N2O. The molecule has 0 fully saturated rings. The van der Waals surface area contributed by atoms with Crippen LogP contribution in [0.5, 0.6) is 0 Å². The standard InChI is InChI=1S/C17H12N2O/c1-10(20)15-11-6-2-4-8-13(11)18-16-12-7-3-5-9-14(12)19-17(15)16/h2-9,18H,1H3. The van der Waals surface area contributed by atoms with Crippen LogP contribution in [0.4, 0.5) is 0 Å². The van der Waals surface area contributed by atoms with Crippen molar-refractivity contribution in [2.24, 2.45) is 0 Å². The summed E-state index contributed by atoms with van der Waals surface area (Å²) in [4.78, 5) is 20.1. The highest BCUT2D eigenvalue weighted by molar-refractivity contribution is 6.14. The first-order chi connectivity index (χ1) is 9.75. The first kappa shape index (κ1) is 11.2. The number of aromatic amines is 1. The highest BCUT2D eigenvalue weighted by atomic mass is 16.1. The summed E-state index contributed by atoms with van der Waals surface area (Å²) >= 11 is 0. The Bertz CT molecular complexity index is 936. The van der Waals surface area contributed by atoms with Gasteiger partial charge in [0.2, 0.25) is 0 Å². The van der Waals surface area contributed by atoms with Crippen molar-refractivity contribution >= 4 is 27.6 Å². The molecule has 2 aromatic carbocycles. The van der Waals surface area contributed by atoms with E-state index in [9.17, 15) is 4.79 Å². The number of nitrogens with one attached hydrogen (secondary N) is 1. The van der Waals surface area contributed by atoms with E-state index in [1.807, 2.05) is 48.5 Å². The molecule has 2 aromatic rings. The second-order valence-electron chi connectivity index (χ2n) is 4.95. The summed E-state index contributed by atoms with van der Waals surface area (Å²) in [5, 5.41) is 1.98. The maximum Gasteiger partial charge on any atom is 0.162 e. The fourth-order valence-corrected chi connectivity index (χ4v) is 2.82. The second kappa shape index (κ2) is 3.90. The number of hydrogen-bond donors (Lipinski definition) is 1. The summed E-state index contributed by atoms with van der Waals surface area (Å²) in [6.45, 7) is 1.60. The molecule has 0 saturated heterocycles. The Hall–Kier alpha value is -2.68. The molecule has 0 aliphatic carbocycles. The maximum atomic E-state index is 12.1. The largest absolute Gasteiger partial charge is 0.353 e. The lowest BCUT2D eigenvalue weighted by Crippen LogP contribution is -2.01. The highest BCUT2D eigenvalue weighted by Gasteiger charge is 2.21. The van der Waals surface area contributed by atoms with Gasteiger partial charge in [-0.05, 0) is 19.1 Å². The Morgan fingerprint density at radius 1 is 1.00 bits per heavy atom. The molecule has 0 bridgehead atoms. The van der Waals surface area contributed by atoms with Gasteiger partial charge in [-0.2, -0.15) is 0 Å². The smallest absolute Gasteiger partial charge is 0.162 e. The van der Waals surface area contributed by atoms with Crippen LogP contribution >= 0.6 is 0 Å². The Morgan fingerprint density at radius 2 is 1.70 bits per heavy atom. The van der Waals surface area contributed by atoms with Crippen LogP contribution in [0.3, 0.4) is 0 Å². The minimum atomic E-state index is 0.0445. The number of para-hydroxylation sites is 2. The third-order valence-corrected chi connectivity index (χ3v) is 3.69. The normalized spacial score (nSPS) is 11.4. The average Bonchev–Trinajstić information content (AvgIpc) is 2.82. The van der Waals surface area contributed by atoms with Gasteiger partial charge in [0.1, 0.15) is 0 Å². The van der Waals surface area contributed by atoms with Gasteiger partial charge in [0.25, 0.3) is 0 Å². The summed E-state index contributed by atoms with van der Waals surface area (Å²) in [7, 11) is 0. The van der Waals surface area contributed by atoms with E-state index in [1.165, 1.54) is 0 Å². The lowest BCUT2D eigenvalue weighted by molar-refractivity contribution is 0.101. The van der Waals surface area contributed by atoms with Crippen molar-refractivity contribution in [2.75, 3.05) is 0 Å². The third kappa shape index (κ3) is 1.40. The molecule has 3 heteroatoms. The van der Waals surface area contributed by atoms with Crippen LogP contribution in [-0.4, -0.2) is 15.8 Å². The fraction of sp³-hybridized carbons (Fsp3) is 0.0588. The van der Waals surface area contributed by atoms with E-state index in [2.05, 4.69) is 9.97 Å². The number of ketones is 1. The first-order valence-electron chi connectivity index (χ1n) is 6.56. The Kier molecular flexibility index (Phi) is 2.18. The van der Waals surface area contributed by atoms with Gasteiger partial charge in [-0.1, -0.05) is 36.4 Å². The monoisotopic (exact) mass is 260 g/mol. The minimum absolute atomic E-state index is 0.0445. The minimum Gasteiger partial charge on any atom is -0.353 e. The SMILES string of the molecule is CC(=O)c1c2nc3ccccc3c-2[nH]c2ccccc12. The summed E-state index contributed by atoms with van der Waals surface area (Å²) in [5.41, 5.74) is 4.27. The Labute approximate surface area is 115 Å². The van der Waals surface area contributed by atoms with Crippen LogP contribution in [0.25, 0.3) is 33.2 Å². The molecule has 0 saturated carbocycles. The molecule has 20 heavy (non-hydrogen) atoms. The van der Waals surface area contributed by atoms with Crippen LogP contribution in [-0.2, 0) is 0 Å². The first-order valence-corrected chi connectivity index (χ1v) is 6.56. The predicted molar refractivity (Wildman–Crippen MR) is 80.2 cm³/mol. The fourth-order valence-electron chi connectivity index (χ4n) is 2.82. The average molecular weight is 260 g/mol. The van der Waals surface area contributed by atoms with E-state index in [0.717, 1.165) is 33.2 Å². The highest BCUT2D eigenvalue weighted by Crippen LogP contribution is 2.35. The number of nitrogens with zero attached hydrogens (tertiary/aromatic N) is 1. The molecule has 2 heterocycles. The molecule has 4 rings (SSSR count). The van der Waals surface area contributed by atoms with Crippen molar-refractivity contribution in [3.63, 3.8) is 0 Å². The molecule has 2 aliphatic rings. The van der Waals surface area contributed by atoms with E-state index in [-0.39, 0.29) is 5.78 Å². The zero-order valence-electron chi connectivity index (χ0n) is 11.0. The number of carbonyl (C=O) groups is 1. The van der Waals surface area contributed by atoms with Gasteiger partial charge in [-0.15, -0.1) is 0 Å². The van der Waals surface area contributed by atoms with E-state index >= 15 is 0 Å². The van der Waals surface area contributed by atoms with Gasteiger partial charge in [-0.3, -0.25) is 4.79 Å². The number of fused-ring (bicyclic) bond motifs is 4. The second-order valence-corrected chi connectivity index (χ2v) is 4.95. The molecule has 0 radical (unpaired) electrons. The lowest BCUT2D eigenvalue weighted by atomic mass is 10.0. The number of benzene rings is 2. The number of aromatic nitrogens is 2. The molecule has 0 aromatic heterocycles. The summed E-state index contributed by atoms with van der Waals surface area (Å²) in [6.07, 6.45) is 0. The number of pyridine rings is 1.